The summed E-state index contributed by atoms with van der Waals surface area (Å²) < 4.78 is 6.99. The molecule has 3 rings (SSSR count). The molecule has 21 heavy (non-hydrogen) atoms. The second kappa shape index (κ2) is 5.69. The van der Waals surface area contributed by atoms with Crippen molar-refractivity contribution in [3.8, 4) is 5.69 Å². The van der Waals surface area contributed by atoms with Gasteiger partial charge >= 0.3 is 5.97 Å². The Morgan fingerprint density at radius 3 is 2.95 bits per heavy atom. The second-order valence-corrected chi connectivity index (χ2v) is 6.58. The maximum atomic E-state index is 11.7. The van der Waals surface area contributed by atoms with E-state index in [1.165, 1.54) is 11.8 Å². The summed E-state index contributed by atoms with van der Waals surface area (Å²) in [6.45, 7) is 3.84. The number of rotatable bonds is 3. The van der Waals surface area contributed by atoms with Gasteiger partial charge < -0.3 is 4.74 Å². The first-order valence-electron chi connectivity index (χ1n) is 6.58. The molecule has 0 bridgehead atoms. The Hall–Kier alpha value is -1.53. The van der Waals surface area contributed by atoms with E-state index in [0.29, 0.717) is 16.6 Å². The van der Waals surface area contributed by atoms with E-state index in [2.05, 4.69) is 10.2 Å². The number of benzene rings is 1. The molecule has 0 radical (unpaired) electrons. The van der Waals surface area contributed by atoms with Crippen LogP contribution in [0, 0.1) is 6.92 Å². The fraction of sp³-hybridized carbons (Fsp3) is 0.357. The lowest BCUT2D eigenvalue weighted by atomic mass is 10.2. The van der Waals surface area contributed by atoms with Gasteiger partial charge in [0, 0.05) is 11.4 Å². The molecule has 110 valence electrons. The summed E-state index contributed by atoms with van der Waals surface area (Å²) in [5.41, 5.74) is 1.88. The first kappa shape index (κ1) is 14.4. The van der Waals surface area contributed by atoms with Crippen LogP contribution in [-0.4, -0.2) is 32.1 Å². The average Bonchev–Trinajstić information content (AvgIpc) is 3.01. The van der Waals surface area contributed by atoms with Crippen LogP contribution in [0.3, 0.4) is 0 Å². The number of halogens is 1. The van der Waals surface area contributed by atoms with Crippen molar-refractivity contribution in [1.29, 1.82) is 0 Å². The van der Waals surface area contributed by atoms with Crippen LogP contribution in [0.5, 0.6) is 0 Å². The van der Waals surface area contributed by atoms with Crippen molar-refractivity contribution >= 4 is 29.3 Å². The molecule has 2 atom stereocenters. The molecule has 1 saturated heterocycles. The van der Waals surface area contributed by atoms with Gasteiger partial charge in [0.1, 0.15) is 17.7 Å². The third-order valence-corrected chi connectivity index (χ3v) is 4.89. The van der Waals surface area contributed by atoms with Crippen LogP contribution < -0.4 is 0 Å². The van der Waals surface area contributed by atoms with Crippen molar-refractivity contribution in [2.24, 2.45) is 0 Å². The highest BCUT2D eigenvalue weighted by atomic mass is 35.5. The van der Waals surface area contributed by atoms with Crippen molar-refractivity contribution in [1.82, 2.24) is 14.8 Å². The Balaban J connectivity index is 1.87. The summed E-state index contributed by atoms with van der Waals surface area (Å²) in [5, 5.41) is 9.14. The average molecular weight is 324 g/mol. The zero-order chi connectivity index (χ0) is 15.0. The smallest absolute Gasteiger partial charge is 0.319 e. The molecular weight excluding hydrogens is 310 g/mol. The van der Waals surface area contributed by atoms with Crippen LogP contribution in [0.4, 0.5) is 0 Å². The maximum Gasteiger partial charge on any atom is 0.319 e. The number of thioether (sulfide) groups is 1. The first-order valence-corrected chi connectivity index (χ1v) is 7.84. The highest BCUT2D eigenvalue weighted by Gasteiger charge is 2.34. The lowest BCUT2D eigenvalue weighted by molar-refractivity contribution is -0.140. The number of ether oxygens (including phenoxy) is 1. The van der Waals surface area contributed by atoms with Crippen molar-refractivity contribution in [2.45, 2.75) is 36.8 Å². The van der Waals surface area contributed by atoms with Crippen LogP contribution in [0.15, 0.2) is 29.7 Å². The highest BCUT2D eigenvalue weighted by molar-refractivity contribution is 8.00. The standard InChI is InChI=1S/C14H14ClN3O2S/c1-8-3-4-10(6-11(8)15)18-7-16-17-14(18)21-12-5-9(2)20-13(12)19/h3-4,6-7,9,12H,5H2,1-2H3/t9-,12-/m0/s1. The molecule has 0 spiro atoms. The predicted octanol–water partition coefficient (Wildman–Crippen LogP) is 3.03. The van der Waals surface area contributed by atoms with E-state index < -0.39 is 0 Å². The van der Waals surface area contributed by atoms with Crippen molar-refractivity contribution in [3.05, 3.63) is 35.1 Å². The molecule has 0 N–H and O–H groups in total. The van der Waals surface area contributed by atoms with Gasteiger partial charge in [-0.2, -0.15) is 0 Å². The van der Waals surface area contributed by atoms with Gasteiger partial charge in [0.05, 0.1) is 5.69 Å². The Morgan fingerprint density at radius 2 is 2.29 bits per heavy atom. The van der Waals surface area contributed by atoms with Gasteiger partial charge in [0.2, 0.25) is 0 Å². The normalized spacial score (nSPS) is 21.6. The Labute approximate surface area is 131 Å². The van der Waals surface area contributed by atoms with E-state index in [1.54, 1.807) is 6.33 Å². The molecule has 0 unspecified atom stereocenters. The third-order valence-electron chi connectivity index (χ3n) is 3.32. The lowest BCUT2D eigenvalue weighted by Crippen LogP contribution is -2.10. The molecular formula is C14H14ClN3O2S. The van der Waals surface area contributed by atoms with Gasteiger partial charge in [-0.1, -0.05) is 29.4 Å². The molecule has 1 aliphatic rings. The monoisotopic (exact) mass is 323 g/mol. The number of carbonyl (C=O) groups is 1. The minimum Gasteiger partial charge on any atom is -0.462 e. The Bertz CT molecular complexity index is 689. The number of hydrogen-bond acceptors (Lipinski definition) is 5. The minimum atomic E-state index is -0.233. The SMILES string of the molecule is Cc1ccc(-n2cnnc2S[C@H]2C[C@H](C)OC2=O)cc1Cl. The quantitative estimate of drug-likeness (QED) is 0.813. The van der Waals surface area contributed by atoms with E-state index in [-0.39, 0.29) is 17.3 Å². The largest absolute Gasteiger partial charge is 0.462 e. The van der Waals surface area contributed by atoms with Crippen molar-refractivity contribution in [3.63, 3.8) is 0 Å². The maximum absolute atomic E-state index is 11.7. The lowest BCUT2D eigenvalue weighted by Gasteiger charge is -2.09. The molecule has 7 heteroatoms. The van der Waals surface area contributed by atoms with E-state index in [0.717, 1.165) is 11.3 Å². The van der Waals surface area contributed by atoms with Gasteiger partial charge in [0.25, 0.3) is 0 Å². The zero-order valence-electron chi connectivity index (χ0n) is 11.6. The summed E-state index contributed by atoms with van der Waals surface area (Å²) in [5.74, 6) is -0.191. The highest BCUT2D eigenvalue weighted by Crippen LogP contribution is 2.32. The van der Waals surface area contributed by atoms with Gasteiger partial charge in [-0.05, 0) is 31.5 Å². The summed E-state index contributed by atoms with van der Waals surface area (Å²) in [7, 11) is 0. The fourth-order valence-electron chi connectivity index (χ4n) is 2.16. The van der Waals surface area contributed by atoms with E-state index in [1.807, 2.05) is 36.6 Å². The third kappa shape index (κ3) is 2.91. The van der Waals surface area contributed by atoms with Crippen LogP contribution >= 0.6 is 23.4 Å². The minimum absolute atomic E-state index is 0.0415. The van der Waals surface area contributed by atoms with E-state index >= 15 is 0 Å². The Morgan fingerprint density at radius 1 is 1.48 bits per heavy atom. The molecule has 5 nitrogen and oxygen atoms in total. The molecule has 1 aliphatic heterocycles. The topological polar surface area (TPSA) is 57.0 Å². The number of hydrogen-bond donors (Lipinski definition) is 0. The molecule has 2 heterocycles. The number of aromatic nitrogens is 3. The zero-order valence-corrected chi connectivity index (χ0v) is 13.2. The van der Waals surface area contributed by atoms with Gasteiger partial charge in [-0.15, -0.1) is 10.2 Å². The molecule has 0 saturated carbocycles. The fourth-order valence-corrected chi connectivity index (χ4v) is 3.47. The Kier molecular flexibility index (Phi) is 3.91. The number of cyclic esters (lactones) is 1. The molecule has 0 amide bonds. The van der Waals surface area contributed by atoms with E-state index in [9.17, 15) is 4.79 Å². The van der Waals surface area contributed by atoms with Crippen LogP contribution in [0.1, 0.15) is 18.9 Å². The summed E-state index contributed by atoms with van der Waals surface area (Å²) in [4.78, 5) is 11.7. The van der Waals surface area contributed by atoms with Crippen LogP contribution in [0.25, 0.3) is 5.69 Å². The number of aryl methyl sites for hydroxylation is 1. The predicted molar refractivity (Wildman–Crippen MR) is 80.9 cm³/mol. The van der Waals surface area contributed by atoms with Crippen LogP contribution in [0.2, 0.25) is 5.02 Å². The van der Waals surface area contributed by atoms with Gasteiger partial charge in [-0.25, -0.2) is 0 Å². The molecule has 1 fully saturated rings. The van der Waals surface area contributed by atoms with Gasteiger partial charge in [-0.3, -0.25) is 9.36 Å². The summed E-state index contributed by atoms with van der Waals surface area (Å²) in [6, 6.07) is 5.75. The molecule has 1 aromatic heterocycles. The second-order valence-electron chi connectivity index (χ2n) is 5.01. The number of nitrogens with zero attached hydrogens (tertiary/aromatic N) is 3. The van der Waals surface area contributed by atoms with Crippen LogP contribution in [-0.2, 0) is 9.53 Å². The van der Waals surface area contributed by atoms with Gasteiger partial charge in [0.15, 0.2) is 5.16 Å². The summed E-state index contributed by atoms with van der Waals surface area (Å²) in [6.07, 6.45) is 2.26. The first-order chi connectivity index (χ1) is 10.0. The van der Waals surface area contributed by atoms with Crippen molar-refractivity contribution in [2.75, 3.05) is 0 Å². The molecule has 1 aromatic carbocycles. The summed E-state index contributed by atoms with van der Waals surface area (Å²) >= 11 is 7.53. The molecule has 2 aromatic rings. The number of carbonyl (C=O) groups excluding carboxylic acids is 1. The molecule has 0 aliphatic carbocycles. The van der Waals surface area contributed by atoms with E-state index in [4.69, 9.17) is 16.3 Å². The van der Waals surface area contributed by atoms with Crippen molar-refractivity contribution < 1.29 is 9.53 Å². The number of esters is 1.